The normalized spacial score (nSPS) is 13.3. The van der Waals surface area contributed by atoms with Crippen LogP contribution in [0.3, 0.4) is 0 Å². The minimum Gasteiger partial charge on any atom is -0.456 e. The van der Waals surface area contributed by atoms with Crippen LogP contribution in [0.1, 0.15) is 40.2 Å². The van der Waals surface area contributed by atoms with Crippen LogP contribution in [-0.2, 0) is 0 Å². The van der Waals surface area contributed by atoms with E-state index in [0.29, 0.717) is 5.92 Å². The van der Waals surface area contributed by atoms with Gasteiger partial charge < -0.3 is 14.2 Å². The Bertz CT molecular complexity index is 4110. The summed E-state index contributed by atoms with van der Waals surface area (Å²) in [5.41, 5.74) is 21.8. The number of furan rings is 1. The highest BCUT2D eigenvalue weighted by Crippen LogP contribution is 2.46. The molecule has 360 valence electrons. The Balaban J connectivity index is 0.936. The summed E-state index contributed by atoms with van der Waals surface area (Å²) in [5, 5.41) is 6.79. The highest BCUT2D eigenvalue weighted by molar-refractivity contribution is 6.14. The summed E-state index contributed by atoms with van der Waals surface area (Å²) in [5.74, 6) is 0.329. The first kappa shape index (κ1) is 45.7. The van der Waals surface area contributed by atoms with E-state index < -0.39 is 0 Å². The van der Waals surface area contributed by atoms with E-state index in [1.807, 2.05) is 0 Å². The zero-order valence-electron chi connectivity index (χ0n) is 42.8. The lowest BCUT2D eigenvalue weighted by Gasteiger charge is -2.30. The van der Waals surface area contributed by atoms with Crippen molar-refractivity contribution in [3.8, 4) is 33.4 Å². The van der Waals surface area contributed by atoms with Gasteiger partial charge in [0.05, 0.1) is 0 Å². The molecule has 1 atom stereocenters. The zero-order valence-corrected chi connectivity index (χ0v) is 42.8. The smallest absolute Gasteiger partial charge is 0.136 e. The van der Waals surface area contributed by atoms with Gasteiger partial charge in [0.1, 0.15) is 11.2 Å². The number of aryl methyl sites for hydroxylation is 4. The van der Waals surface area contributed by atoms with Gasteiger partial charge in [-0.2, -0.15) is 0 Å². The van der Waals surface area contributed by atoms with Crippen molar-refractivity contribution in [1.29, 1.82) is 0 Å². The Morgan fingerprint density at radius 2 is 0.760 bits per heavy atom. The minimum atomic E-state index is 0.329. The van der Waals surface area contributed by atoms with E-state index in [-0.39, 0.29) is 0 Å². The van der Waals surface area contributed by atoms with Crippen LogP contribution in [0.25, 0.3) is 76.9 Å². The molecule has 3 nitrogen and oxygen atoms in total. The van der Waals surface area contributed by atoms with Crippen molar-refractivity contribution >= 4 is 77.6 Å². The molecule has 1 unspecified atom stereocenters. The van der Waals surface area contributed by atoms with Crippen molar-refractivity contribution in [2.45, 2.75) is 40.0 Å². The van der Waals surface area contributed by atoms with Crippen molar-refractivity contribution in [2.24, 2.45) is 0 Å². The van der Waals surface area contributed by atoms with Gasteiger partial charge in [0.15, 0.2) is 0 Å². The number of rotatable bonds is 10. The lowest BCUT2D eigenvalue weighted by Crippen LogP contribution is -2.14. The number of fused-ring (bicyclic) bond motifs is 5. The van der Waals surface area contributed by atoms with E-state index in [1.165, 1.54) is 72.3 Å². The Labute approximate surface area is 439 Å². The molecule has 1 aliphatic rings. The van der Waals surface area contributed by atoms with Gasteiger partial charge in [-0.15, -0.1) is 0 Å². The lowest BCUT2D eigenvalue weighted by atomic mass is 9.91. The lowest BCUT2D eigenvalue weighted by molar-refractivity contribution is 0.670. The van der Waals surface area contributed by atoms with E-state index in [1.54, 1.807) is 0 Å². The van der Waals surface area contributed by atoms with Crippen molar-refractivity contribution < 1.29 is 4.42 Å². The van der Waals surface area contributed by atoms with Crippen LogP contribution in [0, 0.1) is 27.7 Å². The van der Waals surface area contributed by atoms with E-state index in [9.17, 15) is 0 Å². The number of benzene rings is 11. The molecule has 1 heterocycles. The van der Waals surface area contributed by atoms with Crippen LogP contribution < -0.4 is 9.80 Å². The molecular weight excluding hydrogens is 909 g/mol. The van der Waals surface area contributed by atoms with Crippen molar-refractivity contribution in [1.82, 2.24) is 0 Å². The quantitative estimate of drug-likeness (QED) is 0.136. The van der Waals surface area contributed by atoms with Crippen LogP contribution in [0.15, 0.2) is 253 Å². The van der Waals surface area contributed by atoms with Crippen molar-refractivity contribution in [3.63, 3.8) is 0 Å². The van der Waals surface area contributed by atoms with E-state index in [0.717, 1.165) is 73.0 Å². The molecule has 0 saturated carbocycles. The van der Waals surface area contributed by atoms with Gasteiger partial charge in [-0.25, -0.2) is 0 Å². The van der Waals surface area contributed by atoms with Crippen molar-refractivity contribution in [2.75, 3.05) is 9.80 Å². The fraction of sp³-hybridized carbons (Fsp3) is 0.0833. The first-order chi connectivity index (χ1) is 36.8. The maximum absolute atomic E-state index is 6.92. The summed E-state index contributed by atoms with van der Waals surface area (Å²) in [4.78, 5) is 4.92. The average molecular weight is 965 g/mol. The molecule has 1 aliphatic carbocycles. The molecule has 0 amide bonds. The fourth-order valence-electron chi connectivity index (χ4n) is 11.2. The van der Waals surface area contributed by atoms with Crippen molar-refractivity contribution in [3.05, 3.63) is 277 Å². The van der Waals surface area contributed by atoms with Crippen LogP contribution >= 0.6 is 0 Å². The van der Waals surface area contributed by atoms with Gasteiger partial charge in [-0.05, 0) is 190 Å². The van der Waals surface area contributed by atoms with Crippen LogP contribution in [0.5, 0.6) is 0 Å². The van der Waals surface area contributed by atoms with Gasteiger partial charge in [0.2, 0.25) is 0 Å². The van der Waals surface area contributed by atoms with E-state index in [2.05, 4.69) is 286 Å². The van der Waals surface area contributed by atoms with Crippen LogP contribution in [0.2, 0.25) is 0 Å². The highest BCUT2D eigenvalue weighted by Gasteiger charge is 2.23. The number of nitrogens with zero attached hydrogens (tertiary/aromatic N) is 2. The largest absolute Gasteiger partial charge is 0.456 e. The number of hydrogen-bond acceptors (Lipinski definition) is 3. The second-order valence-corrected chi connectivity index (χ2v) is 20.3. The molecule has 0 N–H and O–H groups in total. The average Bonchev–Trinajstić information content (AvgIpc) is 3.83. The third-order valence-corrected chi connectivity index (χ3v) is 15.4. The summed E-state index contributed by atoms with van der Waals surface area (Å²) in [7, 11) is 0. The molecule has 0 aliphatic heterocycles. The van der Waals surface area contributed by atoms with Gasteiger partial charge in [-0.1, -0.05) is 176 Å². The fourth-order valence-corrected chi connectivity index (χ4v) is 11.2. The molecule has 13 rings (SSSR count). The second kappa shape index (κ2) is 19.0. The Kier molecular flexibility index (Phi) is 11.6. The van der Waals surface area contributed by atoms with Gasteiger partial charge in [-0.3, -0.25) is 0 Å². The standard InChI is InChI=1S/C72H56N2O/c1-47-25-29-57(51-17-9-5-10-18-51)41-67(47)73(68-42-58(30-26-48(68)2)52-19-11-6-12-20-52)63-35-33-55-39-65-66-40-56-34-36-64(38-62(56)46-72(66)75-71(65)45-61(55)37-63)74(69-43-59(31-27-49(69)3)53-21-13-7-14-22-53)70-44-60(32-28-50(70)4)54-23-15-8-16-24-54/h5-23,25-46,54H,24H2,1-4H3. The maximum Gasteiger partial charge on any atom is 0.136 e. The number of allylic oxidation sites excluding steroid dienone is 4. The molecule has 3 heteroatoms. The maximum atomic E-state index is 6.92. The molecule has 0 saturated heterocycles. The van der Waals surface area contributed by atoms with Crippen LogP contribution in [-0.4, -0.2) is 0 Å². The van der Waals surface area contributed by atoms with Gasteiger partial charge in [0, 0.05) is 50.8 Å². The molecule has 0 radical (unpaired) electrons. The SMILES string of the molecule is Cc1ccc(-c2ccccc2)cc1N(c1ccc2cc3c(cc2c1)oc1cc2cc(N(c4cc(-c5ccccc5)ccc4C)c4cc(C5C=CC=CC5)ccc4C)ccc2cc13)c1cc(-c2ccccc2)ccc1C. The third kappa shape index (κ3) is 8.56. The Morgan fingerprint density at radius 1 is 0.347 bits per heavy atom. The second-order valence-electron chi connectivity index (χ2n) is 20.3. The summed E-state index contributed by atoms with van der Waals surface area (Å²) in [6, 6.07) is 82.5. The molecule has 1 aromatic heterocycles. The third-order valence-electron chi connectivity index (χ3n) is 15.4. The topological polar surface area (TPSA) is 19.6 Å². The molecule has 0 bridgehead atoms. The van der Waals surface area contributed by atoms with Gasteiger partial charge >= 0.3 is 0 Å². The molecule has 0 fully saturated rings. The monoisotopic (exact) mass is 964 g/mol. The number of anilines is 6. The number of hydrogen-bond donors (Lipinski definition) is 0. The van der Waals surface area contributed by atoms with E-state index in [4.69, 9.17) is 4.42 Å². The predicted octanol–water partition coefficient (Wildman–Crippen LogP) is 20.7. The van der Waals surface area contributed by atoms with Crippen LogP contribution in [0.4, 0.5) is 34.1 Å². The molecule has 0 spiro atoms. The molecule has 12 aromatic rings. The Hall–Kier alpha value is -9.18. The summed E-state index contributed by atoms with van der Waals surface area (Å²) in [6.45, 7) is 8.89. The zero-order chi connectivity index (χ0) is 50.6. The molecular formula is C72H56N2O. The molecule has 11 aromatic carbocycles. The van der Waals surface area contributed by atoms with E-state index >= 15 is 0 Å². The molecule has 75 heavy (non-hydrogen) atoms. The summed E-state index contributed by atoms with van der Waals surface area (Å²) in [6.07, 6.45) is 9.92. The predicted molar refractivity (Wildman–Crippen MR) is 319 cm³/mol. The highest BCUT2D eigenvalue weighted by atomic mass is 16.3. The first-order valence-electron chi connectivity index (χ1n) is 26.2. The van der Waals surface area contributed by atoms with Gasteiger partial charge in [0.25, 0.3) is 0 Å². The Morgan fingerprint density at radius 3 is 1.17 bits per heavy atom. The first-order valence-corrected chi connectivity index (χ1v) is 26.2. The summed E-state index contributed by atoms with van der Waals surface area (Å²) >= 11 is 0. The minimum absolute atomic E-state index is 0.329. The summed E-state index contributed by atoms with van der Waals surface area (Å²) < 4.78 is 6.92.